The molecule has 0 aromatic carbocycles. The fourth-order valence-electron chi connectivity index (χ4n) is 1.95. The Bertz CT molecular complexity index is 513. The smallest absolute Gasteiger partial charge is 0.246 e. The molecular formula is C12H24N4O3S. The van der Waals surface area contributed by atoms with Crippen molar-refractivity contribution in [2.45, 2.75) is 32.2 Å². The summed E-state index contributed by atoms with van der Waals surface area (Å²) in [7, 11) is -2.00. The number of H-pyrrole nitrogens is 1. The van der Waals surface area contributed by atoms with Crippen LogP contribution in [0.4, 0.5) is 0 Å². The molecule has 1 rings (SSSR count). The zero-order chi connectivity index (χ0) is 15.2. The largest absolute Gasteiger partial charge is 0.383 e. The number of hydrogen-bond donors (Lipinski definition) is 2. The topological polar surface area (TPSA) is 87.3 Å². The van der Waals surface area contributed by atoms with Crippen molar-refractivity contribution in [3.63, 3.8) is 0 Å². The maximum atomic E-state index is 12.7. The third-order valence-corrected chi connectivity index (χ3v) is 5.18. The van der Waals surface area contributed by atoms with Crippen molar-refractivity contribution < 1.29 is 13.2 Å². The second kappa shape index (κ2) is 7.72. The summed E-state index contributed by atoms with van der Waals surface area (Å²) in [5.41, 5.74) is 1.09. The monoisotopic (exact) mass is 304 g/mol. The van der Waals surface area contributed by atoms with Gasteiger partial charge in [-0.1, -0.05) is 13.8 Å². The van der Waals surface area contributed by atoms with Crippen LogP contribution in [0.1, 0.15) is 25.2 Å². The van der Waals surface area contributed by atoms with Crippen LogP contribution in [0, 0.1) is 6.92 Å². The minimum atomic E-state index is -3.55. The van der Waals surface area contributed by atoms with Crippen LogP contribution in [0.15, 0.2) is 4.90 Å². The van der Waals surface area contributed by atoms with Crippen LogP contribution >= 0.6 is 0 Å². The summed E-state index contributed by atoms with van der Waals surface area (Å²) in [5.74, 6) is 0. The molecule has 0 spiro atoms. The van der Waals surface area contributed by atoms with E-state index in [0.29, 0.717) is 37.6 Å². The first-order valence-electron chi connectivity index (χ1n) is 6.72. The van der Waals surface area contributed by atoms with E-state index in [-0.39, 0.29) is 4.90 Å². The predicted octanol–water partition coefficient (Wildman–Crippen LogP) is 0.485. The number of ether oxygens (including phenoxy) is 1. The molecule has 1 aromatic heterocycles. The van der Waals surface area contributed by atoms with Crippen molar-refractivity contribution in [1.29, 1.82) is 0 Å². The number of nitrogens with zero attached hydrogens (tertiary/aromatic N) is 2. The molecule has 0 unspecified atom stereocenters. The highest BCUT2D eigenvalue weighted by Crippen LogP contribution is 2.22. The molecule has 0 aliphatic heterocycles. The molecule has 2 N–H and O–H groups in total. The maximum absolute atomic E-state index is 12.7. The number of nitrogens with one attached hydrogen (secondary N) is 2. The minimum absolute atomic E-state index is 0.274. The number of hydrogen-bond acceptors (Lipinski definition) is 5. The minimum Gasteiger partial charge on any atom is -0.383 e. The Labute approximate surface area is 120 Å². The van der Waals surface area contributed by atoms with Crippen LogP contribution in [0.2, 0.25) is 0 Å². The average Bonchev–Trinajstić information content (AvgIpc) is 2.78. The maximum Gasteiger partial charge on any atom is 0.246 e. The Morgan fingerprint density at radius 2 is 2.10 bits per heavy atom. The third-order valence-electron chi connectivity index (χ3n) is 3.00. The van der Waals surface area contributed by atoms with Gasteiger partial charge < -0.3 is 10.1 Å². The predicted molar refractivity (Wildman–Crippen MR) is 77.0 cm³/mol. The number of sulfonamides is 1. The molecule has 0 aliphatic rings. The van der Waals surface area contributed by atoms with Gasteiger partial charge in [-0.2, -0.15) is 9.40 Å². The van der Waals surface area contributed by atoms with Gasteiger partial charge in [-0.05, 0) is 13.5 Å². The SMILES string of the molecule is CCNCc1n[nH]c(C)c1S(=O)(=O)N(CC)CCOC. The second-order valence-electron chi connectivity index (χ2n) is 4.39. The van der Waals surface area contributed by atoms with Gasteiger partial charge in [0, 0.05) is 26.7 Å². The fraction of sp³-hybridized carbons (Fsp3) is 0.750. The summed E-state index contributed by atoms with van der Waals surface area (Å²) in [4.78, 5) is 0.274. The lowest BCUT2D eigenvalue weighted by Gasteiger charge is -2.20. The van der Waals surface area contributed by atoms with Crippen molar-refractivity contribution in [3.8, 4) is 0 Å². The van der Waals surface area contributed by atoms with Crippen LogP contribution in [-0.2, 0) is 21.3 Å². The van der Waals surface area contributed by atoms with Gasteiger partial charge in [-0.25, -0.2) is 8.42 Å². The number of aromatic nitrogens is 2. The van der Waals surface area contributed by atoms with E-state index in [0.717, 1.165) is 6.54 Å². The van der Waals surface area contributed by atoms with E-state index >= 15 is 0 Å². The van der Waals surface area contributed by atoms with E-state index in [9.17, 15) is 8.42 Å². The van der Waals surface area contributed by atoms with E-state index in [4.69, 9.17) is 4.74 Å². The normalized spacial score (nSPS) is 12.2. The lowest BCUT2D eigenvalue weighted by atomic mass is 10.3. The molecule has 0 amide bonds. The summed E-state index contributed by atoms with van der Waals surface area (Å²) in [6, 6.07) is 0. The molecule has 0 fully saturated rings. The van der Waals surface area contributed by atoms with E-state index in [2.05, 4.69) is 15.5 Å². The Morgan fingerprint density at radius 3 is 2.65 bits per heavy atom. The Hall–Kier alpha value is -0.960. The van der Waals surface area contributed by atoms with E-state index in [1.165, 1.54) is 4.31 Å². The molecule has 0 bridgehead atoms. The molecule has 0 saturated carbocycles. The molecule has 1 heterocycles. The zero-order valence-electron chi connectivity index (χ0n) is 12.6. The van der Waals surface area contributed by atoms with Crippen LogP contribution in [-0.4, -0.2) is 56.3 Å². The Kier molecular flexibility index (Phi) is 6.60. The lowest BCUT2D eigenvalue weighted by molar-refractivity contribution is 0.180. The molecule has 0 saturated heterocycles. The van der Waals surface area contributed by atoms with Crippen LogP contribution in [0.25, 0.3) is 0 Å². The molecule has 0 aliphatic carbocycles. The van der Waals surface area contributed by atoms with Crippen LogP contribution in [0.5, 0.6) is 0 Å². The Morgan fingerprint density at radius 1 is 1.40 bits per heavy atom. The molecule has 116 valence electrons. The molecule has 1 aromatic rings. The van der Waals surface area contributed by atoms with Gasteiger partial charge in [0.1, 0.15) is 4.90 Å². The van der Waals surface area contributed by atoms with Gasteiger partial charge in [0.2, 0.25) is 10.0 Å². The number of aryl methyl sites for hydroxylation is 1. The van der Waals surface area contributed by atoms with Crippen molar-refractivity contribution in [2.24, 2.45) is 0 Å². The number of aromatic amines is 1. The first-order valence-corrected chi connectivity index (χ1v) is 8.16. The fourth-order valence-corrected chi connectivity index (χ4v) is 3.71. The molecule has 8 heteroatoms. The van der Waals surface area contributed by atoms with Crippen LogP contribution in [0.3, 0.4) is 0 Å². The lowest BCUT2D eigenvalue weighted by Crippen LogP contribution is -2.34. The first kappa shape index (κ1) is 17.1. The number of rotatable bonds is 9. The first-order chi connectivity index (χ1) is 9.48. The average molecular weight is 304 g/mol. The molecule has 7 nitrogen and oxygen atoms in total. The summed E-state index contributed by atoms with van der Waals surface area (Å²) >= 11 is 0. The highest BCUT2D eigenvalue weighted by Gasteiger charge is 2.29. The molecule has 0 atom stereocenters. The zero-order valence-corrected chi connectivity index (χ0v) is 13.4. The molecule has 20 heavy (non-hydrogen) atoms. The summed E-state index contributed by atoms with van der Waals surface area (Å²) in [5, 5.41) is 9.95. The van der Waals surface area contributed by atoms with Gasteiger partial charge in [-0.15, -0.1) is 0 Å². The van der Waals surface area contributed by atoms with Gasteiger partial charge >= 0.3 is 0 Å². The molecular weight excluding hydrogens is 280 g/mol. The summed E-state index contributed by atoms with van der Waals surface area (Å²) in [6.45, 7) is 7.78. The highest BCUT2D eigenvalue weighted by atomic mass is 32.2. The number of likely N-dealkylation sites (N-methyl/N-ethyl adjacent to an activating group) is 1. The summed E-state index contributed by atoms with van der Waals surface area (Å²) in [6.07, 6.45) is 0. The van der Waals surface area contributed by atoms with E-state index in [1.54, 1.807) is 14.0 Å². The van der Waals surface area contributed by atoms with Gasteiger partial charge in [0.15, 0.2) is 0 Å². The van der Waals surface area contributed by atoms with Crippen molar-refractivity contribution >= 4 is 10.0 Å². The third kappa shape index (κ3) is 3.78. The Balaban J connectivity index is 3.09. The second-order valence-corrected chi connectivity index (χ2v) is 6.27. The standard InChI is InChI=1S/C12H24N4O3S/c1-5-13-9-11-12(10(3)14-15-11)20(17,18)16(6-2)7-8-19-4/h13H,5-9H2,1-4H3,(H,14,15). The van der Waals surface area contributed by atoms with E-state index in [1.807, 2.05) is 13.8 Å². The summed E-state index contributed by atoms with van der Waals surface area (Å²) < 4.78 is 31.8. The van der Waals surface area contributed by atoms with Gasteiger partial charge in [0.05, 0.1) is 18.0 Å². The van der Waals surface area contributed by atoms with Crippen molar-refractivity contribution in [3.05, 3.63) is 11.4 Å². The van der Waals surface area contributed by atoms with Crippen molar-refractivity contribution in [1.82, 2.24) is 19.8 Å². The van der Waals surface area contributed by atoms with E-state index < -0.39 is 10.0 Å². The number of methoxy groups -OCH3 is 1. The van der Waals surface area contributed by atoms with Gasteiger partial charge in [0.25, 0.3) is 0 Å². The quantitative estimate of drug-likeness (QED) is 0.693. The molecule has 0 radical (unpaired) electrons. The highest BCUT2D eigenvalue weighted by molar-refractivity contribution is 7.89. The van der Waals surface area contributed by atoms with Crippen LogP contribution < -0.4 is 5.32 Å². The van der Waals surface area contributed by atoms with Crippen molar-refractivity contribution in [2.75, 3.05) is 33.4 Å². The van der Waals surface area contributed by atoms with Gasteiger partial charge in [-0.3, -0.25) is 5.10 Å².